The van der Waals surface area contributed by atoms with Crippen molar-refractivity contribution in [1.29, 1.82) is 0 Å². The summed E-state index contributed by atoms with van der Waals surface area (Å²) in [4.78, 5) is 0. The zero-order valence-corrected chi connectivity index (χ0v) is 10.9. The Labute approximate surface area is 112 Å². The number of hydrogen-bond acceptors (Lipinski definition) is 4. The van der Waals surface area contributed by atoms with Crippen molar-refractivity contribution in [2.45, 2.75) is 13.5 Å². The van der Waals surface area contributed by atoms with Crippen molar-refractivity contribution in [2.24, 2.45) is 0 Å². The third-order valence-electron chi connectivity index (χ3n) is 2.99. The fourth-order valence-corrected chi connectivity index (χ4v) is 2.03. The highest BCUT2D eigenvalue weighted by molar-refractivity contribution is 5.49. The van der Waals surface area contributed by atoms with Crippen LogP contribution >= 0.6 is 0 Å². The summed E-state index contributed by atoms with van der Waals surface area (Å²) in [6, 6.07) is 7.88. The molecule has 1 aliphatic heterocycles. The second-order valence-electron chi connectivity index (χ2n) is 4.36. The summed E-state index contributed by atoms with van der Waals surface area (Å²) >= 11 is 0. The molecular weight excluding hydrogens is 242 g/mol. The smallest absolute Gasteiger partial charge is 0.163 e. The predicted molar refractivity (Wildman–Crippen MR) is 71.9 cm³/mol. The van der Waals surface area contributed by atoms with Crippen LogP contribution in [0.4, 0.5) is 0 Å². The van der Waals surface area contributed by atoms with Crippen molar-refractivity contribution in [3.8, 4) is 17.2 Å². The topological polar surface area (TPSA) is 48.3 Å². The fourth-order valence-electron chi connectivity index (χ4n) is 2.03. The lowest BCUT2D eigenvalue weighted by atomic mass is 10.2. The number of rotatable bonds is 4. The molecule has 1 aliphatic rings. The van der Waals surface area contributed by atoms with Gasteiger partial charge in [-0.15, -0.1) is 0 Å². The highest BCUT2D eigenvalue weighted by Gasteiger charge is 2.12. The van der Waals surface area contributed by atoms with Gasteiger partial charge in [-0.1, -0.05) is 6.92 Å². The normalized spacial score (nSPS) is 13.5. The third kappa shape index (κ3) is 2.56. The van der Waals surface area contributed by atoms with Crippen molar-refractivity contribution >= 4 is 0 Å². The molecule has 0 atom stereocenters. The first-order chi connectivity index (χ1) is 9.36. The molecular formula is C14H17N3O2. The lowest BCUT2D eigenvalue weighted by Crippen LogP contribution is -2.15. The van der Waals surface area contributed by atoms with E-state index >= 15 is 0 Å². The van der Waals surface area contributed by atoms with E-state index in [2.05, 4.69) is 17.3 Å². The third-order valence-corrected chi connectivity index (χ3v) is 2.99. The van der Waals surface area contributed by atoms with E-state index in [-0.39, 0.29) is 0 Å². The predicted octanol–water partition coefficient (Wildman–Crippen LogP) is 1.75. The number of fused-ring (bicyclic) bond motifs is 1. The molecule has 0 saturated heterocycles. The standard InChI is InChI=1S/C14H17N3O2/c1-2-15-10-11-5-6-17(16-11)12-3-4-13-14(9-12)19-8-7-18-13/h3-6,9,15H,2,7-8,10H2,1H3. The van der Waals surface area contributed by atoms with Gasteiger partial charge in [0.1, 0.15) is 13.2 Å². The Morgan fingerprint density at radius 1 is 1.21 bits per heavy atom. The second-order valence-corrected chi connectivity index (χ2v) is 4.36. The minimum atomic E-state index is 0.598. The number of nitrogens with one attached hydrogen (secondary N) is 1. The van der Waals surface area contributed by atoms with Crippen LogP contribution < -0.4 is 14.8 Å². The van der Waals surface area contributed by atoms with Gasteiger partial charge in [0.05, 0.1) is 11.4 Å². The molecule has 3 rings (SSSR count). The van der Waals surface area contributed by atoms with E-state index < -0.39 is 0 Å². The molecule has 5 heteroatoms. The summed E-state index contributed by atoms with van der Waals surface area (Å²) in [6.45, 7) is 5.02. The van der Waals surface area contributed by atoms with E-state index in [0.29, 0.717) is 13.2 Å². The van der Waals surface area contributed by atoms with Crippen LogP contribution in [0.3, 0.4) is 0 Å². The first kappa shape index (κ1) is 12.0. The maximum atomic E-state index is 5.58. The average Bonchev–Trinajstić information content (AvgIpc) is 2.93. The molecule has 0 radical (unpaired) electrons. The van der Waals surface area contributed by atoms with Crippen LogP contribution in [-0.2, 0) is 6.54 Å². The second kappa shape index (κ2) is 5.32. The van der Waals surface area contributed by atoms with Gasteiger partial charge in [0.25, 0.3) is 0 Å². The summed E-state index contributed by atoms with van der Waals surface area (Å²) in [6.07, 6.45) is 1.96. The Kier molecular flexibility index (Phi) is 3.37. The summed E-state index contributed by atoms with van der Waals surface area (Å²) in [5, 5.41) is 7.78. The van der Waals surface area contributed by atoms with Crippen molar-refractivity contribution in [3.63, 3.8) is 0 Å². The molecule has 0 saturated carbocycles. The average molecular weight is 259 g/mol. The van der Waals surface area contributed by atoms with Crippen LogP contribution in [0.5, 0.6) is 11.5 Å². The molecule has 0 unspecified atom stereocenters. The Hall–Kier alpha value is -2.01. The molecule has 0 aliphatic carbocycles. The van der Waals surface area contributed by atoms with E-state index in [4.69, 9.17) is 9.47 Å². The van der Waals surface area contributed by atoms with Crippen molar-refractivity contribution in [2.75, 3.05) is 19.8 Å². The SMILES string of the molecule is CCNCc1ccn(-c2ccc3c(c2)OCCO3)n1. The minimum Gasteiger partial charge on any atom is -0.486 e. The summed E-state index contributed by atoms with van der Waals surface area (Å²) in [5.74, 6) is 1.59. The van der Waals surface area contributed by atoms with Crippen LogP contribution in [0.25, 0.3) is 5.69 Å². The molecule has 2 heterocycles. The largest absolute Gasteiger partial charge is 0.486 e. The molecule has 1 N–H and O–H groups in total. The summed E-state index contributed by atoms with van der Waals surface area (Å²) in [5.41, 5.74) is 2.00. The first-order valence-electron chi connectivity index (χ1n) is 6.52. The number of nitrogens with zero attached hydrogens (tertiary/aromatic N) is 2. The molecule has 2 aromatic rings. The summed E-state index contributed by atoms with van der Waals surface area (Å²) < 4.78 is 12.9. The Balaban J connectivity index is 1.83. The van der Waals surface area contributed by atoms with Crippen LogP contribution in [-0.4, -0.2) is 29.5 Å². The zero-order valence-electron chi connectivity index (χ0n) is 10.9. The van der Waals surface area contributed by atoms with E-state index in [1.54, 1.807) is 0 Å². The highest BCUT2D eigenvalue weighted by atomic mass is 16.6. The fraction of sp³-hybridized carbons (Fsp3) is 0.357. The molecule has 5 nitrogen and oxygen atoms in total. The van der Waals surface area contributed by atoms with Gasteiger partial charge in [-0.25, -0.2) is 4.68 Å². The van der Waals surface area contributed by atoms with Crippen LogP contribution in [0, 0.1) is 0 Å². The molecule has 1 aromatic heterocycles. The quantitative estimate of drug-likeness (QED) is 0.908. The molecule has 0 spiro atoms. The van der Waals surface area contributed by atoms with E-state index in [1.165, 1.54) is 0 Å². The van der Waals surface area contributed by atoms with Gasteiger partial charge >= 0.3 is 0 Å². The first-order valence-corrected chi connectivity index (χ1v) is 6.52. The number of aromatic nitrogens is 2. The van der Waals surface area contributed by atoms with E-state index in [9.17, 15) is 0 Å². The monoisotopic (exact) mass is 259 g/mol. The Morgan fingerprint density at radius 2 is 2.05 bits per heavy atom. The van der Waals surface area contributed by atoms with Crippen LogP contribution in [0.2, 0.25) is 0 Å². The van der Waals surface area contributed by atoms with Gasteiger partial charge in [-0.05, 0) is 24.7 Å². The van der Waals surface area contributed by atoms with Crippen molar-refractivity contribution in [1.82, 2.24) is 15.1 Å². The van der Waals surface area contributed by atoms with E-state index in [1.807, 2.05) is 35.1 Å². The molecule has 100 valence electrons. The van der Waals surface area contributed by atoms with Gasteiger partial charge in [0.15, 0.2) is 11.5 Å². The molecule has 19 heavy (non-hydrogen) atoms. The number of benzene rings is 1. The maximum Gasteiger partial charge on any atom is 0.163 e. The Morgan fingerprint density at radius 3 is 2.89 bits per heavy atom. The van der Waals surface area contributed by atoms with Gasteiger partial charge in [0.2, 0.25) is 0 Å². The van der Waals surface area contributed by atoms with Gasteiger partial charge < -0.3 is 14.8 Å². The van der Waals surface area contributed by atoms with Crippen LogP contribution in [0.1, 0.15) is 12.6 Å². The van der Waals surface area contributed by atoms with Crippen molar-refractivity contribution in [3.05, 3.63) is 36.2 Å². The molecule has 0 fully saturated rings. The van der Waals surface area contributed by atoms with Gasteiger partial charge in [-0.2, -0.15) is 5.10 Å². The number of ether oxygens (including phenoxy) is 2. The van der Waals surface area contributed by atoms with Crippen LogP contribution in [0.15, 0.2) is 30.5 Å². The lowest BCUT2D eigenvalue weighted by molar-refractivity contribution is 0.171. The van der Waals surface area contributed by atoms with E-state index in [0.717, 1.165) is 36.0 Å². The molecule has 1 aromatic carbocycles. The maximum absolute atomic E-state index is 5.58. The lowest BCUT2D eigenvalue weighted by Gasteiger charge is -2.18. The number of hydrogen-bond donors (Lipinski definition) is 1. The van der Waals surface area contributed by atoms with Gasteiger partial charge in [-0.3, -0.25) is 0 Å². The molecule has 0 amide bonds. The van der Waals surface area contributed by atoms with Crippen molar-refractivity contribution < 1.29 is 9.47 Å². The minimum absolute atomic E-state index is 0.598. The summed E-state index contributed by atoms with van der Waals surface area (Å²) in [7, 11) is 0. The Bertz CT molecular complexity index is 566. The highest BCUT2D eigenvalue weighted by Crippen LogP contribution is 2.31. The molecule has 0 bridgehead atoms. The zero-order chi connectivity index (χ0) is 13.1. The van der Waals surface area contributed by atoms with Gasteiger partial charge in [0, 0.05) is 18.8 Å².